The van der Waals surface area contributed by atoms with E-state index in [9.17, 15) is 9.59 Å². The highest BCUT2D eigenvalue weighted by Gasteiger charge is 2.20. The molecule has 0 aliphatic carbocycles. The van der Waals surface area contributed by atoms with E-state index in [1.165, 1.54) is 11.0 Å². The molecule has 3 aromatic heterocycles. The third-order valence-electron chi connectivity index (χ3n) is 6.62. The Morgan fingerprint density at radius 2 is 1.79 bits per heavy atom. The number of ether oxygens (including phenoxy) is 1. The number of anilines is 1. The molecule has 0 fully saturated rings. The first-order chi connectivity index (χ1) is 20.2. The fourth-order valence-corrected chi connectivity index (χ4v) is 5.26. The summed E-state index contributed by atoms with van der Waals surface area (Å²) in [6.45, 7) is 1.74. The number of aryl methyl sites for hydroxylation is 1. The number of pyridine rings is 1. The molecule has 0 saturated heterocycles. The molecule has 5 aromatic rings. The normalized spacial score (nSPS) is 11.3. The van der Waals surface area contributed by atoms with Crippen LogP contribution in [-0.2, 0) is 16.2 Å². The molecule has 3 heterocycles. The summed E-state index contributed by atoms with van der Waals surface area (Å²) in [5, 5.41) is 3.30. The molecule has 0 bridgehead atoms. The molecule has 42 heavy (non-hydrogen) atoms. The van der Waals surface area contributed by atoms with E-state index in [0.717, 1.165) is 21.5 Å². The van der Waals surface area contributed by atoms with E-state index < -0.39 is 5.91 Å². The van der Waals surface area contributed by atoms with Crippen LogP contribution in [0.25, 0.3) is 17.4 Å². The number of hydrogen-bond acceptors (Lipinski definition) is 4. The minimum Gasteiger partial charge on any atom is -0.485 e. The molecule has 1 N–H and O–H groups in total. The van der Waals surface area contributed by atoms with Gasteiger partial charge in [0.2, 0.25) is 11.8 Å². The number of carbonyl (C=O) groups is 2. The Hall–Kier alpha value is -4.05. The largest absolute Gasteiger partial charge is 0.485 e. The zero-order chi connectivity index (χ0) is 29.8. The second-order valence-electron chi connectivity index (χ2n) is 9.39. The van der Waals surface area contributed by atoms with Gasteiger partial charge in [-0.15, -0.1) is 0 Å². The van der Waals surface area contributed by atoms with Gasteiger partial charge in [-0.3, -0.25) is 14.0 Å². The van der Waals surface area contributed by atoms with Crippen LogP contribution in [0.1, 0.15) is 16.8 Å². The maximum Gasteiger partial charge on any atom is 0.246 e. The second kappa shape index (κ2) is 12.9. The van der Waals surface area contributed by atoms with Gasteiger partial charge in [-0.25, -0.2) is 4.98 Å². The van der Waals surface area contributed by atoms with Crippen molar-refractivity contribution in [2.75, 3.05) is 18.5 Å². The minimum absolute atomic E-state index is 0.0602. The Balaban J connectivity index is 1.20. The molecule has 2 amide bonds. The summed E-state index contributed by atoms with van der Waals surface area (Å²) in [5.41, 5.74) is 4.32. The number of benzene rings is 2. The second-order valence-corrected chi connectivity index (χ2v) is 10.9. The topological polar surface area (TPSA) is 80.9 Å². The van der Waals surface area contributed by atoms with Gasteiger partial charge in [0.05, 0.1) is 22.9 Å². The third kappa shape index (κ3) is 6.38. The molecule has 0 atom stereocenters. The number of nitrogens with one attached hydrogen (secondary N) is 1. The average Bonchev–Trinajstić information content (AvgIpc) is 3.63. The molecular formula is C31H26BrCl2N5O3. The van der Waals surface area contributed by atoms with Gasteiger partial charge in [0.1, 0.15) is 11.2 Å². The maximum absolute atomic E-state index is 12.9. The predicted molar refractivity (Wildman–Crippen MR) is 170 cm³/mol. The van der Waals surface area contributed by atoms with Crippen LogP contribution in [0.4, 0.5) is 5.69 Å². The molecule has 11 heteroatoms. The summed E-state index contributed by atoms with van der Waals surface area (Å²) < 4.78 is 10.8. The molecule has 0 aliphatic rings. The lowest BCUT2D eigenvalue weighted by Gasteiger charge is -2.21. The van der Waals surface area contributed by atoms with Crippen molar-refractivity contribution in [2.24, 2.45) is 0 Å². The van der Waals surface area contributed by atoms with E-state index in [1.807, 2.05) is 83.0 Å². The fourth-order valence-electron chi connectivity index (χ4n) is 4.28. The van der Waals surface area contributed by atoms with E-state index in [-0.39, 0.29) is 24.1 Å². The predicted octanol–water partition coefficient (Wildman–Crippen LogP) is 6.87. The van der Waals surface area contributed by atoms with Crippen LogP contribution in [0.15, 0.2) is 89.9 Å². The molecule has 214 valence electrons. The fraction of sp³-hybridized carbons (Fsp3) is 0.129. The van der Waals surface area contributed by atoms with Crippen molar-refractivity contribution in [1.29, 1.82) is 0 Å². The SMILES string of the molecule is Cc1nc2c(OCc3c(Cl)ccc(N(C)C(=O)CNC(=O)/C=C/c4ccc(-n5cccc5)cc4)c3Cl)cccn2c1Br. The lowest BCUT2D eigenvalue weighted by molar-refractivity contribution is -0.122. The van der Waals surface area contributed by atoms with Gasteiger partial charge in [0, 0.05) is 48.0 Å². The van der Waals surface area contributed by atoms with Crippen molar-refractivity contribution in [3.63, 3.8) is 0 Å². The maximum atomic E-state index is 12.9. The third-order valence-corrected chi connectivity index (χ3v) is 8.36. The smallest absolute Gasteiger partial charge is 0.246 e. The highest BCUT2D eigenvalue weighted by Crippen LogP contribution is 2.35. The van der Waals surface area contributed by atoms with Crippen LogP contribution in [0.3, 0.4) is 0 Å². The molecule has 0 unspecified atom stereocenters. The molecule has 5 rings (SSSR count). The van der Waals surface area contributed by atoms with Crippen molar-refractivity contribution < 1.29 is 14.3 Å². The number of rotatable bonds is 9. The average molecular weight is 667 g/mol. The number of hydrogen-bond donors (Lipinski definition) is 1. The summed E-state index contributed by atoms with van der Waals surface area (Å²) >= 11 is 16.7. The lowest BCUT2D eigenvalue weighted by atomic mass is 10.2. The molecule has 2 aromatic carbocycles. The standard InChI is InChI=1S/C31H26BrCl2N5O3/c1-20-30(32)39-17-5-6-26(31(39)36-20)42-19-23-24(33)12-13-25(29(23)34)37(2)28(41)18-35-27(40)14-9-21-7-10-22(11-8-21)38-15-3-4-16-38/h3-17H,18-19H2,1-2H3,(H,35,40)/b14-9+. The molecule has 0 aliphatic heterocycles. The Morgan fingerprint density at radius 1 is 1.05 bits per heavy atom. The molecule has 0 saturated carbocycles. The monoisotopic (exact) mass is 665 g/mol. The van der Waals surface area contributed by atoms with Gasteiger partial charge >= 0.3 is 0 Å². The van der Waals surface area contributed by atoms with Crippen molar-refractivity contribution in [1.82, 2.24) is 19.3 Å². The molecule has 8 nitrogen and oxygen atoms in total. The zero-order valence-corrected chi connectivity index (χ0v) is 25.8. The summed E-state index contributed by atoms with van der Waals surface area (Å²) in [6, 6.07) is 18.6. The molecule has 0 spiro atoms. The van der Waals surface area contributed by atoms with Crippen LogP contribution in [0.2, 0.25) is 10.0 Å². The lowest BCUT2D eigenvalue weighted by Crippen LogP contribution is -2.37. The Labute approximate surface area is 261 Å². The molecular weight excluding hydrogens is 641 g/mol. The van der Waals surface area contributed by atoms with E-state index in [4.69, 9.17) is 27.9 Å². The number of nitrogens with zero attached hydrogens (tertiary/aromatic N) is 4. The van der Waals surface area contributed by atoms with Gasteiger partial charge < -0.3 is 19.5 Å². The van der Waals surface area contributed by atoms with Crippen molar-refractivity contribution in [3.8, 4) is 11.4 Å². The van der Waals surface area contributed by atoms with Crippen molar-refractivity contribution in [3.05, 3.63) is 117 Å². The van der Waals surface area contributed by atoms with Crippen LogP contribution < -0.4 is 15.0 Å². The van der Waals surface area contributed by atoms with Gasteiger partial charge in [-0.1, -0.05) is 35.3 Å². The van der Waals surface area contributed by atoms with Crippen molar-refractivity contribution >= 4 is 68.4 Å². The summed E-state index contributed by atoms with van der Waals surface area (Å²) in [6.07, 6.45) is 8.88. The number of likely N-dealkylation sites (N-methyl/N-ethyl adjacent to an activating group) is 1. The number of carbonyl (C=O) groups excluding carboxylic acids is 2. The number of amides is 2. The first-order valence-corrected chi connectivity index (χ1v) is 14.5. The van der Waals surface area contributed by atoms with Gasteiger partial charge in [-0.2, -0.15) is 0 Å². The van der Waals surface area contributed by atoms with E-state index >= 15 is 0 Å². The number of imidazole rings is 1. The van der Waals surface area contributed by atoms with Crippen molar-refractivity contribution in [2.45, 2.75) is 13.5 Å². The minimum atomic E-state index is -0.391. The van der Waals surface area contributed by atoms with Gasteiger partial charge in [-0.05, 0) is 83.0 Å². The van der Waals surface area contributed by atoms with Gasteiger partial charge in [0.25, 0.3) is 0 Å². The summed E-state index contributed by atoms with van der Waals surface area (Å²) in [5.74, 6) is -0.190. The van der Waals surface area contributed by atoms with Gasteiger partial charge in [0.15, 0.2) is 11.4 Å². The highest BCUT2D eigenvalue weighted by molar-refractivity contribution is 9.10. The van der Waals surface area contributed by atoms with E-state index in [1.54, 1.807) is 25.3 Å². The Bertz CT molecular complexity index is 1780. The Morgan fingerprint density at radius 3 is 2.52 bits per heavy atom. The van der Waals surface area contributed by atoms with E-state index in [0.29, 0.717) is 27.7 Å². The number of halogens is 3. The van der Waals surface area contributed by atoms with E-state index in [2.05, 4.69) is 26.2 Å². The first kappa shape index (κ1) is 29.4. The zero-order valence-electron chi connectivity index (χ0n) is 22.7. The summed E-state index contributed by atoms with van der Waals surface area (Å²) in [7, 11) is 1.59. The molecule has 0 radical (unpaired) electrons. The van der Waals surface area contributed by atoms with Crippen LogP contribution in [0.5, 0.6) is 5.75 Å². The summed E-state index contributed by atoms with van der Waals surface area (Å²) in [4.78, 5) is 31.2. The van der Waals surface area contributed by atoms with Crippen LogP contribution in [0, 0.1) is 6.92 Å². The number of aromatic nitrogens is 3. The number of fused-ring (bicyclic) bond motifs is 1. The first-order valence-electron chi connectivity index (χ1n) is 12.9. The van der Waals surface area contributed by atoms with Crippen LogP contribution >= 0.6 is 39.1 Å². The van der Waals surface area contributed by atoms with Crippen LogP contribution in [-0.4, -0.2) is 39.4 Å². The Kier molecular flexibility index (Phi) is 9.01. The quantitative estimate of drug-likeness (QED) is 0.174. The highest BCUT2D eigenvalue weighted by atomic mass is 79.9.